The maximum Gasteiger partial charge on any atom is 0.319 e. The average molecular weight is 380 g/mol. The zero-order chi connectivity index (χ0) is 19.5. The fraction of sp³-hybridized carbons (Fsp3) is 0.333. The Morgan fingerprint density at radius 2 is 1.96 bits per heavy atom. The van der Waals surface area contributed by atoms with Gasteiger partial charge >= 0.3 is 6.03 Å². The van der Waals surface area contributed by atoms with E-state index in [1.807, 2.05) is 49.4 Å². The summed E-state index contributed by atoms with van der Waals surface area (Å²) in [5.74, 6) is 0.459. The molecule has 7 heteroatoms. The van der Waals surface area contributed by atoms with Gasteiger partial charge in [-0.2, -0.15) is 0 Å². The second-order valence-electron chi connectivity index (χ2n) is 7.12. The van der Waals surface area contributed by atoms with Crippen LogP contribution in [0.1, 0.15) is 31.4 Å². The second-order valence-corrected chi connectivity index (χ2v) is 7.12. The van der Waals surface area contributed by atoms with Crippen LogP contribution in [0.25, 0.3) is 0 Å². The fourth-order valence-electron chi connectivity index (χ4n) is 3.62. The number of fused-ring (bicyclic) bond motifs is 1. The predicted octanol–water partition coefficient (Wildman–Crippen LogP) is 3.50. The molecule has 28 heavy (non-hydrogen) atoms. The number of carbonyl (C=O) groups excluding carboxylic acids is 2. The van der Waals surface area contributed by atoms with E-state index in [9.17, 15) is 9.59 Å². The standard InChI is InChI=1S/C21H24N4O3/c1-14(15-8-9-19-17(12-15)23-20(26)13-28-19)22-21(27)24-16-6-2-3-7-18(16)25-10-4-5-11-25/h2-3,6-9,12,14H,4-5,10-11,13H2,1H3,(H,23,26)(H2,22,24,27). The zero-order valence-corrected chi connectivity index (χ0v) is 15.8. The Balaban J connectivity index is 1.43. The lowest BCUT2D eigenvalue weighted by atomic mass is 10.1. The van der Waals surface area contributed by atoms with Crippen molar-refractivity contribution in [1.82, 2.24) is 5.32 Å². The molecular formula is C21H24N4O3. The number of rotatable bonds is 4. The van der Waals surface area contributed by atoms with Crippen LogP contribution >= 0.6 is 0 Å². The molecule has 0 aliphatic carbocycles. The molecule has 146 valence electrons. The number of para-hydroxylation sites is 2. The number of hydrogen-bond acceptors (Lipinski definition) is 4. The van der Waals surface area contributed by atoms with Gasteiger partial charge in [0.25, 0.3) is 5.91 Å². The number of ether oxygens (including phenoxy) is 1. The molecule has 0 aromatic heterocycles. The molecule has 2 aliphatic rings. The summed E-state index contributed by atoms with van der Waals surface area (Å²) in [7, 11) is 0. The number of benzene rings is 2. The van der Waals surface area contributed by atoms with Gasteiger partial charge in [-0.1, -0.05) is 18.2 Å². The zero-order valence-electron chi connectivity index (χ0n) is 15.8. The second kappa shape index (κ2) is 7.80. The summed E-state index contributed by atoms with van der Waals surface area (Å²) >= 11 is 0. The molecule has 2 aromatic carbocycles. The van der Waals surface area contributed by atoms with Crippen LogP contribution in [0.4, 0.5) is 21.9 Å². The van der Waals surface area contributed by atoms with Gasteiger partial charge in [0.2, 0.25) is 0 Å². The van der Waals surface area contributed by atoms with Gasteiger partial charge in [-0.15, -0.1) is 0 Å². The van der Waals surface area contributed by atoms with Crippen LogP contribution in [0.5, 0.6) is 5.75 Å². The van der Waals surface area contributed by atoms with Gasteiger partial charge in [-0.05, 0) is 49.6 Å². The predicted molar refractivity (Wildman–Crippen MR) is 109 cm³/mol. The molecule has 0 radical (unpaired) electrons. The minimum atomic E-state index is -0.267. The van der Waals surface area contributed by atoms with Crippen molar-refractivity contribution in [3.8, 4) is 5.75 Å². The van der Waals surface area contributed by atoms with Gasteiger partial charge in [-0.3, -0.25) is 4.79 Å². The smallest absolute Gasteiger partial charge is 0.319 e. The summed E-state index contributed by atoms with van der Waals surface area (Å²) in [6.07, 6.45) is 2.35. The highest BCUT2D eigenvalue weighted by Crippen LogP contribution is 2.31. The summed E-state index contributed by atoms with van der Waals surface area (Å²) < 4.78 is 5.38. The number of carbonyl (C=O) groups is 2. The molecular weight excluding hydrogens is 356 g/mol. The molecule has 2 heterocycles. The fourth-order valence-corrected chi connectivity index (χ4v) is 3.62. The third-order valence-electron chi connectivity index (χ3n) is 5.08. The Hall–Kier alpha value is -3.22. The highest BCUT2D eigenvalue weighted by Gasteiger charge is 2.19. The molecule has 4 rings (SSSR count). The van der Waals surface area contributed by atoms with Crippen LogP contribution in [-0.2, 0) is 4.79 Å². The quantitative estimate of drug-likeness (QED) is 0.758. The van der Waals surface area contributed by atoms with Crippen LogP contribution in [-0.4, -0.2) is 31.6 Å². The van der Waals surface area contributed by atoms with Gasteiger partial charge in [0.05, 0.1) is 23.1 Å². The summed E-state index contributed by atoms with van der Waals surface area (Å²) in [5.41, 5.74) is 3.37. The molecule has 1 atom stereocenters. The highest BCUT2D eigenvalue weighted by atomic mass is 16.5. The Bertz CT molecular complexity index is 893. The van der Waals surface area contributed by atoms with Gasteiger partial charge in [0.15, 0.2) is 6.61 Å². The number of urea groups is 1. The minimum Gasteiger partial charge on any atom is -0.482 e. The topological polar surface area (TPSA) is 82.7 Å². The maximum absolute atomic E-state index is 12.6. The van der Waals surface area contributed by atoms with Crippen LogP contribution in [0, 0.1) is 0 Å². The molecule has 0 spiro atoms. The first-order valence-electron chi connectivity index (χ1n) is 9.58. The first kappa shape index (κ1) is 18.2. The number of nitrogens with zero attached hydrogens (tertiary/aromatic N) is 1. The molecule has 2 aromatic rings. The van der Waals surface area contributed by atoms with Crippen molar-refractivity contribution in [3.63, 3.8) is 0 Å². The van der Waals surface area contributed by atoms with Crippen molar-refractivity contribution in [2.45, 2.75) is 25.8 Å². The maximum atomic E-state index is 12.6. The van der Waals surface area contributed by atoms with Crippen molar-refractivity contribution >= 4 is 29.0 Å². The Labute approximate surface area is 164 Å². The van der Waals surface area contributed by atoms with E-state index in [4.69, 9.17) is 4.74 Å². The van der Waals surface area contributed by atoms with E-state index in [2.05, 4.69) is 20.9 Å². The van der Waals surface area contributed by atoms with Crippen LogP contribution in [0.2, 0.25) is 0 Å². The summed E-state index contributed by atoms with van der Waals surface area (Å²) in [6.45, 7) is 3.96. The largest absolute Gasteiger partial charge is 0.482 e. The molecule has 7 nitrogen and oxygen atoms in total. The van der Waals surface area contributed by atoms with E-state index >= 15 is 0 Å². The molecule has 3 amide bonds. The summed E-state index contributed by atoms with van der Waals surface area (Å²) in [5, 5.41) is 8.72. The van der Waals surface area contributed by atoms with E-state index in [0.29, 0.717) is 11.4 Å². The summed E-state index contributed by atoms with van der Waals surface area (Å²) in [6, 6.07) is 12.9. The Kier molecular flexibility index (Phi) is 5.06. The lowest BCUT2D eigenvalue weighted by Gasteiger charge is -2.23. The van der Waals surface area contributed by atoms with E-state index in [1.165, 1.54) is 12.8 Å². The van der Waals surface area contributed by atoms with E-state index < -0.39 is 0 Å². The number of hydrogen-bond donors (Lipinski definition) is 3. The lowest BCUT2D eigenvalue weighted by Crippen LogP contribution is -2.32. The van der Waals surface area contributed by atoms with Gasteiger partial charge in [0, 0.05) is 13.1 Å². The molecule has 1 fully saturated rings. The number of amides is 3. The average Bonchev–Trinajstić information content (AvgIpc) is 3.22. The lowest BCUT2D eigenvalue weighted by molar-refractivity contribution is -0.118. The van der Waals surface area contributed by atoms with E-state index in [-0.39, 0.29) is 24.6 Å². The number of nitrogens with one attached hydrogen (secondary N) is 3. The third kappa shape index (κ3) is 3.88. The van der Waals surface area contributed by atoms with Crippen molar-refractivity contribution in [2.75, 3.05) is 35.2 Å². The van der Waals surface area contributed by atoms with Gasteiger partial charge in [-0.25, -0.2) is 4.79 Å². The summed E-state index contributed by atoms with van der Waals surface area (Å²) in [4.78, 5) is 26.4. The van der Waals surface area contributed by atoms with Crippen LogP contribution in [0.15, 0.2) is 42.5 Å². The third-order valence-corrected chi connectivity index (χ3v) is 5.08. The molecule has 0 saturated carbocycles. The monoisotopic (exact) mass is 380 g/mol. The van der Waals surface area contributed by atoms with Crippen molar-refractivity contribution in [3.05, 3.63) is 48.0 Å². The highest BCUT2D eigenvalue weighted by molar-refractivity contribution is 5.96. The van der Waals surface area contributed by atoms with Crippen molar-refractivity contribution < 1.29 is 14.3 Å². The van der Waals surface area contributed by atoms with Crippen LogP contribution in [0.3, 0.4) is 0 Å². The van der Waals surface area contributed by atoms with Crippen LogP contribution < -0.4 is 25.6 Å². The SMILES string of the molecule is CC(NC(=O)Nc1ccccc1N1CCCC1)c1ccc2c(c1)NC(=O)CO2. The molecule has 0 bridgehead atoms. The molecule has 2 aliphatic heterocycles. The van der Waals surface area contributed by atoms with Gasteiger partial charge in [0.1, 0.15) is 5.75 Å². The van der Waals surface area contributed by atoms with E-state index in [1.54, 1.807) is 0 Å². The van der Waals surface area contributed by atoms with Crippen molar-refractivity contribution in [1.29, 1.82) is 0 Å². The number of anilines is 3. The normalized spacial score (nSPS) is 16.6. The molecule has 1 saturated heterocycles. The molecule has 3 N–H and O–H groups in total. The van der Waals surface area contributed by atoms with Crippen molar-refractivity contribution in [2.24, 2.45) is 0 Å². The Morgan fingerprint density at radius 1 is 1.18 bits per heavy atom. The first-order chi connectivity index (χ1) is 13.6. The Morgan fingerprint density at radius 3 is 2.79 bits per heavy atom. The van der Waals surface area contributed by atoms with E-state index in [0.717, 1.165) is 30.0 Å². The van der Waals surface area contributed by atoms with Gasteiger partial charge < -0.3 is 25.6 Å². The first-order valence-corrected chi connectivity index (χ1v) is 9.58. The molecule has 1 unspecified atom stereocenters. The minimum absolute atomic E-state index is 0.0268.